The summed E-state index contributed by atoms with van der Waals surface area (Å²) in [5.74, 6) is -0.273. The van der Waals surface area contributed by atoms with Crippen molar-refractivity contribution >= 4 is 17.5 Å². The fourth-order valence-corrected chi connectivity index (χ4v) is 7.76. The third-order valence-corrected chi connectivity index (χ3v) is 9.08. The van der Waals surface area contributed by atoms with E-state index in [9.17, 15) is 24.6 Å². The lowest BCUT2D eigenvalue weighted by molar-refractivity contribution is -0.189. The number of carbonyl (C=O) groups excluding carboxylic acids is 3. The quantitative estimate of drug-likeness (QED) is 0.685. The number of allylic oxidation sites excluding steroid dienone is 3. The number of aliphatic hydroxyl groups is 2. The Morgan fingerprint density at radius 1 is 1.17 bits per heavy atom. The number of Topliss-reactive ketones (excluding diaryl/α,β-unsaturated/α-hetero) is 1. The summed E-state index contributed by atoms with van der Waals surface area (Å²) in [7, 11) is 0. The highest BCUT2D eigenvalue weighted by molar-refractivity contribution is 6.01. The van der Waals surface area contributed by atoms with Gasteiger partial charge in [0.2, 0.25) is 5.78 Å². The van der Waals surface area contributed by atoms with Crippen molar-refractivity contribution in [3.05, 3.63) is 23.5 Å². The number of hydrogen-bond donors (Lipinski definition) is 2. The number of rotatable bonds is 3. The number of ether oxygens (including phenoxy) is 1. The maximum atomic E-state index is 12.9. The topological polar surface area (TPSA) is 101 Å². The van der Waals surface area contributed by atoms with Gasteiger partial charge in [-0.05, 0) is 74.3 Å². The molecule has 3 saturated carbocycles. The Balaban J connectivity index is 1.77. The molecule has 0 bridgehead atoms. The molecule has 4 aliphatic carbocycles. The van der Waals surface area contributed by atoms with Crippen LogP contribution in [-0.2, 0) is 19.1 Å². The lowest BCUT2D eigenvalue weighted by Gasteiger charge is -2.59. The van der Waals surface area contributed by atoms with Crippen LogP contribution in [0.15, 0.2) is 23.5 Å². The molecule has 0 aromatic heterocycles. The van der Waals surface area contributed by atoms with Crippen LogP contribution >= 0.6 is 0 Å². The number of fused-ring (bicyclic) bond motifs is 5. The van der Waals surface area contributed by atoms with Crippen LogP contribution in [-0.4, -0.2) is 40.0 Å². The minimum Gasteiger partial charge on any atom is -0.511 e. The number of ketones is 2. The highest BCUT2D eigenvalue weighted by Gasteiger charge is 2.69. The van der Waals surface area contributed by atoms with Gasteiger partial charge < -0.3 is 14.9 Å². The van der Waals surface area contributed by atoms with E-state index in [1.54, 1.807) is 6.08 Å². The molecular weight excluding hydrogens is 384 g/mol. The normalized spacial score (nSPS) is 44.9. The van der Waals surface area contributed by atoms with Crippen LogP contribution in [0.2, 0.25) is 0 Å². The fraction of sp³-hybridized carbons (Fsp3) is 0.708. The molecule has 0 heterocycles. The minimum absolute atomic E-state index is 0.135. The highest BCUT2D eigenvalue weighted by atomic mass is 16.6. The average molecular weight is 417 g/mol. The molecule has 3 fully saturated rings. The van der Waals surface area contributed by atoms with Gasteiger partial charge in [0.25, 0.3) is 0 Å². The SMILES string of the molecule is CC(=O)O[C@]1(C(=O)CO)CC[C@H]2[C@@H]3CC(C)C4=CC(=O)C=C(O)[C@]4(C)[C@H]3CC[C@@]21C. The molecule has 164 valence electrons. The monoisotopic (exact) mass is 416 g/mol. The van der Waals surface area contributed by atoms with E-state index in [0.29, 0.717) is 12.8 Å². The molecule has 4 rings (SSSR count). The second-order valence-corrected chi connectivity index (χ2v) is 10.2. The van der Waals surface area contributed by atoms with Crippen LogP contribution in [0.3, 0.4) is 0 Å². The molecule has 1 unspecified atom stereocenters. The Morgan fingerprint density at radius 2 is 1.83 bits per heavy atom. The molecule has 0 spiro atoms. The molecule has 0 radical (unpaired) electrons. The maximum Gasteiger partial charge on any atom is 0.303 e. The fourth-order valence-electron chi connectivity index (χ4n) is 7.76. The summed E-state index contributed by atoms with van der Waals surface area (Å²) in [4.78, 5) is 36.9. The third kappa shape index (κ3) is 2.55. The van der Waals surface area contributed by atoms with Gasteiger partial charge in [0.05, 0.1) is 0 Å². The van der Waals surface area contributed by atoms with E-state index in [4.69, 9.17) is 4.74 Å². The Labute approximate surface area is 177 Å². The van der Waals surface area contributed by atoms with Gasteiger partial charge in [-0.3, -0.25) is 14.4 Å². The van der Waals surface area contributed by atoms with Gasteiger partial charge in [0.15, 0.2) is 11.4 Å². The van der Waals surface area contributed by atoms with E-state index < -0.39 is 34.8 Å². The summed E-state index contributed by atoms with van der Waals surface area (Å²) in [6, 6.07) is 0. The minimum atomic E-state index is -1.29. The van der Waals surface area contributed by atoms with E-state index in [-0.39, 0.29) is 35.2 Å². The van der Waals surface area contributed by atoms with Crippen LogP contribution in [0.4, 0.5) is 0 Å². The van der Waals surface area contributed by atoms with E-state index in [1.165, 1.54) is 13.0 Å². The zero-order chi connectivity index (χ0) is 22.1. The zero-order valence-corrected chi connectivity index (χ0v) is 18.2. The van der Waals surface area contributed by atoms with Crippen LogP contribution in [0, 0.1) is 34.5 Å². The Bertz CT molecular complexity index is 871. The maximum absolute atomic E-state index is 12.9. The first-order valence-electron chi connectivity index (χ1n) is 11.0. The van der Waals surface area contributed by atoms with Crippen molar-refractivity contribution in [2.24, 2.45) is 34.5 Å². The first-order chi connectivity index (χ1) is 14.0. The zero-order valence-electron chi connectivity index (χ0n) is 18.2. The highest BCUT2D eigenvalue weighted by Crippen LogP contribution is 2.69. The van der Waals surface area contributed by atoms with Crippen molar-refractivity contribution in [3.63, 3.8) is 0 Å². The third-order valence-electron chi connectivity index (χ3n) is 9.08. The number of hydrogen-bond acceptors (Lipinski definition) is 6. The van der Waals surface area contributed by atoms with Crippen molar-refractivity contribution in [2.75, 3.05) is 6.61 Å². The van der Waals surface area contributed by atoms with Crippen LogP contribution in [0.25, 0.3) is 0 Å². The van der Waals surface area contributed by atoms with Crippen LogP contribution < -0.4 is 0 Å². The Morgan fingerprint density at radius 3 is 2.47 bits per heavy atom. The molecule has 6 nitrogen and oxygen atoms in total. The molecular formula is C24H32O6. The summed E-state index contributed by atoms with van der Waals surface area (Å²) < 4.78 is 5.73. The summed E-state index contributed by atoms with van der Waals surface area (Å²) in [6.45, 7) is 6.86. The second kappa shape index (κ2) is 6.78. The van der Waals surface area contributed by atoms with Gasteiger partial charge in [0, 0.05) is 23.8 Å². The largest absolute Gasteiger partial charge is 0.511 e. The molecule has 2 N–H and O–H groups in total. The number of carbonyl (C=O) groups is 3. The van der Waals surface area contributed by atoms with Gasteiger partial charge in [-0.1, -0.05) is 13.8 Å². The lowest BCUT2D eigenvalue weighted by atomic mass is 9.45. The van der Waals surface area contributed by atoms with Crippen molar-refractivity contribution in [1.29, 1.82) is 0 Å². The molecule has 0 amide bonds. The smallest absolute Gasteiger partial charge is 0.303 e. The predicted octanol–water partition coefficient (Wildman–Crippen LogP) is 3.29. The molecule has 0 aromatic rings. The summed E-state index contributed by atoms with van der Waals surface area (Å²) in [5, 5.41) is 20.6. The number of esters is 1. The van der Waals surface area contributed by atoms with Gasteiger partial charge in [0.1, 0.15) is 12.4 Å². The van der Waals surface area contributed by atoms with Gasteiger partial charge in [-0.25, -0.2) is 0 Å². The molecule has 6 heteroatoms. The van der Waals surface area contributed by atoms with E-state index in [0.717, 1.165) is 24.8 Å². The Kier molecular flexibility index (Phi) is 4.81. The van der Waals surface area contributed by atoms with Gasteiger partial charge >= 0.3 is 5.97 Å². The molecule has 0 aromatic carbocycles. The van der Waals surface area contributed by atoms with Crippen molar-refractivity contribution in [2.45, 2.75) is 65.4 Å². The Hall–Kier alpha value is -1.95. The van der Waals surface area contributed by atoms with Crippen LogP contribution in [0.1, 0.15) is 59.8 Å². The lowest BCUT2D eigenvalue weighted by Crippen LogP contribution is -2.60. The second-order valence-electron chi connectivity index (χ2n) is 10.2. The van der Waals surface area contributed by atoms with Crippen molar-refractivity contribution in [1.82, 2.24) is 0 Å². The molecule has 7 atom stereocenters. The summed E-state index contributed by atoms with van der Waals surface area (Å²) in [5.41, 5.74) is -1.41. The van der Waals surface area contributed by atoms with Gasteiger partial charge in [-0.15, -0.1) is 0 Å². The van der Waals surface area contributed by atoms with Crippen molar-refractivity contribution < 1.29 is 29.3 Å². The molecule has 0 aliphatic heterocycles. The average Bonchev–Trinajstić information content (AvgIpc) is 2.96. The van der Waals surface area contributed by atoms with E-state index >= 15 is 0 Å². The standard InChI is InChI=1S/C24H32O6/c1-13-9-16-17-6-8-24(21(29)12-25,30-14(2)26)22(17,3)7-5-18(16)23(4)19(13)10-15(27)11-20(23)28/h10-11,13,16-18,25,28H,5-9,12H2,1-4H3/t13?,16-,17-,18-,22-,23+,24-/m0/s1. The van der Waals surface area contributed by atoms with Gasteiger partial charge in [-0.2, -0.15) is 0 Å². The summed E-state index contributed by atoms with van der Waals surface area (Å²) in [6.07, 6.45) is 6.49. The number of aliphatic hydroxyl groups excluding tert-OH is 2. The van der Waals surface area contributed by atoms with E-state index in [1.807, 2.05) is 13.8 Å². The van der Waals surface area contributed by atoms with Crippen molar-refractivity contribution in [3.8, 4) is 0 Å². The first-order valence-corrected chi connectivity index (χ1v) is 11.0. The predicted molar refractivity (Wildman–Crippen MR) is 109 cm³/mol. The first kappa shape index (κ1) is 21.3. The molecule has 30 heavy (non-hydrogen) atoms. The molecule has 4 aliphatic rings. The van der Waals surface area contributed by atoms with E-state index in [2.05, 4.69) is 6.92 Å². The molecule has 0 saturated heterocycles. The summed E-state index contributed by atoms with van der Waals surface area (Å²) >= 11 is 0. The van der Waals surface area contributed by atoms with Crippen LogP contribution in [0.5, 0.6) is 0 Å².